The van der Waals surface area contributed by atoms with Crippen molar-refractivity contribution in [2.75, 3.05) is 19.0 Å². The molecular weight excluding hydrogens is 332 g/mol. The Kier molecular flexibility index (Phi) is 5.85. The predicted octanol–water partition coefficient (Wildman–Crippen LogP) is 2.77. The average molecular weight is 358 g/mol. The van der Waals surface area contributed by atoms with Crippen molar-refractivity contribution in [2.45, 2.75) is 27.7 Å². The first-order valence-electron chi connectivity index (χ1n) is 8.57. The van der Waals surface area contributed by atoms with Crippen LogP contribution < -0.4 is 10.6 Å². The molecule has 2 rings (SSSR count). The van der Waals surface area contributed by atoms with E-state index in [1.54, 1.807) is 24.3 Å². The van der Waals surface area contributed by atoms with Crippen molar-refractivity contribution >= 4 is 23.5 Å². The van der Waals surface area contributed by atoms with E-state index >= 15 is 0 Å². The number of carbonyl (C=O) groups is 3. The van der Waals surface area contributed by atoms with Gasteiger partial charge in [-0.3, -0.25) is 14.4 Å². The molecule has 2 amide bonds. The van der Waals surface area contributed by atoms with E-state index in [-0.39, 0.29) is 29.7 Å². The third kappa shape index (κ3) is 4.50. The maximum absolute atomic E-state index is 12.6. The Morgan fingerprint density at radius 2 is 1.92 bits per heavy atom. The molecular formula is C20H26N2O4. The molecule has 6 nitrogen and oxygen atoms in total. The Morgan fingerprint density at radius 3 is 2.54 bits per heavy atom. The number of benzene rings is 1. The molecule has 0 radical (unpaired) electrons. The molecule has 0 saturated heterocycles. The number of anilines is 1. The van der Waals surface area contributed by atoms with E-state index in [0.29, 0.717) is 11.3 Å². The summed E-state index contributed by atoms with van der Waals surface area (Å²) in [5.41, 5.74) is 2.04. The number of hydrogen-bond donors (Lipinski definition) is 2. The zero-order valence-corrected chi connectivity index (χ0v) is 15.9. The highest BCUT2D eigenvalue weighted by Gasteiger charge is 2.60. The lowest BCUT2D eigenvalue weighted by Gasteiger charge is -2.08. The van der Waals surface area contributed by atoms with Crippen LogP contribution in [0.25, 0.3) is 0 Å². The summed E-state index contributed by atoms with van der Waals surface area (Å²) in [5.74, 6) is -0.845. The number of carbonyl (C=O) groups excluding carboxylic acids is 3. The summed E-state index contributed by atoms with van der Waals surface area (Å²) in [6.45, 7) is 8.02. The van der Waals surface area contributed by atoms with Gasteiger partial charge in [-0.05, 0) is 43.4 Å². The highest BCUT2D eigenvalue weighted by Crippen LogP contribution is 2.59. The van der Waals surface area contributed by atoms with Crippen molar-refractivity contribution in [3.05, 3.63) is 41.5 Å². The first-order chi connectivity index (χ1) is 12.2. The van der Waals surface area contributed by atoms with Crippen LogP contribution in [0.5, 0.6) is 0 Å². The van der Waals surface area contributed by atoms with E-state index in [9.17, 15) is 14.4 Å². The molecule has 0 bridgehead atoms. The second-order valence-corrected chi connectivity index (χ2v) is 7.40. The quantitative estimate of drug-likeness (QED) is 0.605. The average Bonchev–Trinajstić information content (AvgIpc) is 3.11. The predicted molar refractivity (Wildman–Crippen MR) is 99.6 cm³/mol. The van der Waals surface area contributed by atoms with Gasteiger partial charge >= 0.3 is 5.97 Å². The summed E-state index contributed by atoms with van der Waals surface area (Å²) >= 11 is 0. The highest BCUT2D eigenvalue weighted by atomic mass is 16.5. The van der Waals surface area contributed by atoms with Gasteiger partial charge in [-0.2, -0.15) is 0 Å². The molecule has 1 aliphatic rings. The van der Waals surface area contributed by atoms with Crippen LogP contribution in [0.2, 0.25) is 0 Å². The number of nitrogens with one attached hydrogen (secondary N) is 2. The van der Waals surface area contributed by atoms with Crippen molar-refractivity contribution in [3.63, 3.8) is 0 Å². The molecule has 0 spiro atoms. The molecule has 0 heterocycles. The smallest absolute Gasteiger partial charge is 0.325 e. The molecule has 2 N–H and O–H groups in total. The zero-order valence-electron chi connectivity index (χ0n) is 15.9. The van der Waals surface area contributed by atoms with Crippen molar-refractivity contribution < 1.29 is 19.1 Å². The lowest BCUT2D eigenvalue weighted by atomic mass is 10.1. The molecule has 2 unspecified atom stereocenters. The summed E-state index contributed by atoms with van der Waals surface area (Å²) in [7, 11) is 1.26. The van der Waals surface area contributed by atoms with E-state index in [0.717, 1.165) is 0 Å². The second kappa shape index (κ2) is 7.72. The molecule has 1 aromatic rings. The summed E-state index contributed by atoms with van der Waals surface area (Å²) in [6.07, 6.45) is 2.14. The fraction of sp³-hybridized carbons (Fsp3) is 0.450. The molecule has 0 aromatic heterocycles. The van der Waals surface area contributed by atoms with Crippen LogP contribution in [0.3, 0.4) is 0 Å². The Bertz CT molecular complexity index is 748. The minimum atomic E-state index is -0.524. The Morgan fingerprint density at radius 1 is 1.23 bits per heavy atom. The topological polar surface area (TPSA) is 84.5 Å². The van der Waals surface area contributed by atoms with Gasteiger partial charge in [-0.15, -0.1) is 0 Å². The van der Waals surface area contributed by atoms with Gasteiger partial charge in [0, 0.05) is 11.3 Å². The minimum absolute atomic E-state index is 0.0513. The molecule has 1 fully saturated rings. The molecule has 0 aliphatic heterocycles. The van der Waals surface area contributed by atoms with Gasteiger partial charge in [0.2, 0.25) is 5.91 Å². The van der Waals surface area contributed by atoms with Crippen molar-refractivity contribution in [1.82, 2.24) is 5.32 Å². The van der Waals surface area contributed by atoms with Crippen molar-refractivity contribution in [3.8, 4) is 0 Å². The molecule has 6 heteroatoms. The summed E-state index contributed by atoms with van der Waals surface area (Å²) in [5, 5.41) is 5.37. The molecule has 1 saturated carbocycles. The number of esters is 1. The van der Waals surface area contributed by atoms with Gasteiger partial charge < -0.3 is 15.4 Å². The van der Waals surface area contributed by atoms with Gasteiger partial charge in [-0.25, -0.2) is 0 Å². The van der Waals surface area contributed by atoms with E-state index in [1.165, 1.54) is 12.7 Å². The van der Waals surface area contributed by atoms with Gasteiger partial charge in [-0.1, -0.05) is 31.6 Å². The molecule has 1 aliphatic carbocycles. The normalized spacial score (nSPS) is 19.9. The minimum Gasteiger partial charge on any atom is -0.468 e. The van der Waals surface area contributed by atoms with E-state index < -0.39 is 11.9 Å². The fourth-order valence-corrected chi connectivity index (χ4v) is 3.13. The summed E-state index contributed by atoms with van der Waals surface area (Å²) in [4.78, 5) is 35.8. The van der Waals surface area contributed by atoms with E-state index in [1.807, 2.05) is 13.8 Å². The van der Waals surface area contributed by atoms with Crippen LogP contribution in [0, 0.1) is 17.3 Å². The van der Waals surface area contributed by atoms with Gasteiger partial charge in [0.05, 0.1) is 13.0 Å². The lowest BCUT2D eigenvalue weighted by molar-refractivity contribution is -0.139. The van der Waals surface area contributed by atoms with E-state index in [2.05, 4.69) is 35.3 Å². The molecule has 26 heavy (non-hydrogen) atoms. The molecule has 2 atom stereocenters. The van der Waals surface area contributed by atoms with Crippen LogP contribution in [0.4, 0.5) is 5.69 Å². The first-order valence-corrected chi connectivity index (χ1v) is 8.57. The Balaban J connectivity index is 2.02. The monoisotopic (exact) mass is 358 g/mol. The third-order valence-corrected chi connectivity index (χ3v) is 4.72. The number of amides is 2. The van der Waals surface area contributed by atoms with Gasteiger partial charge in [0.15, 0.2) is 0 Å². The fourth-order valence-electron chi connectivity index (χ4n) is 3.13. The van der Waals surface area contributed by atoms with Crippen LogP contribution >= 0.6 is 0 Å². The maximum Gasteiger partial charge on any atom is 0.325 e. The SMILES string of the molecule is COC(=O)CNC(=O)c1cccc(NC(=O)C2C(C=C(C)C)C2(C)C)c1. The van der Waals surface area contributed by atoms with Crippen molar-refractivity contribution in [2.24, 2.45) is 17.3 Å². The number of rotatable bonds is 6. The van der Waals surface area contributed by atoms with Gasteiger partial charge in [0.25, 0.3) is 5.91 Å². The number of methoxy groups -OCH3 is 1. The number of allylic oxidation sites excluding steroid dienone is 2. The zero-order chi connectivity index (χ0) is 19.5. The lowest BCUT2D eigenvalue weighted by Crippen LogP contribution is -2.30. The highest BCUT2D eigenvalue weighted by molar-refractivity contribution is 5.99. The van der Waals surface area contributed by atoms with Crippen LogP contribution in [0.1, 0.15) is 38.1 Å². The summed E-state index contributed by atoms with van der Waals surface area (Å²) < 4.78 is 4.49. The maximum atomic E-state index is 12.6. The first kappa shape index (κ1) is 19.7. The van der Waals surface area contributed by atoms with Crippen LogP contribution in [-0.4, -0.2) is 31.4 Å². The van der Waals surface area contributed by atoms with Gasteiger partial charge in [0.1, 0.15) is 6.54 Å². The summed E-state index contributed by atoms with van der Waals surface area (Å²) in [6, 6.07) is 6.64. The molecule has 140 valence electrons. The second-order valence-electron chi connectivity index (χ2n) is 7.40. The van der Waals surface area contributed by atoms with Crippen molar-refractivity contribution in [1.29, 1.82) is 0 Å². The number of ether oxygens (including phenoxy) is 1. The Labute approximate surface area is 154 Å². The van der Waals surface area contributed by atoms with Crippen LogP contribution in [0.15, 0.2) is 35.9 Å². The largest absolute Gasteiger partial charge is 0.468 e. The molecule has 1 aromatic carbocycles. The Hall–Kier alpha value is -2.63. The van der Waals surface area contributed by atoms with E-state index in [4.69, 9.17) is 0 Å². The number of hydrogen-bond acceptors (Lipinski definition) is 4. The third-order valence-electron chi connectivity index (χ3n) is 4.72. The van der Waals surface area contributed by atoms with Crippen LogP contribution in [-0.2, 0) is 14.3 Å². The standard InChI is InChI=1S/C20H26N2O4/c1-12(2)9-15-17(20(15,3)4)19(25)22-14-8-6-7-13(10-14)18(24)21-11-16(23)26-5/h6-10,15,17H,11H2,1-5H3,(H,21,24)(H,22,25).